The lowest BCUT2D eigenvalue weighted by Gasteiger charge is -2.57. The van der Waals surface area contributed by atoms with Crippen LogP contribution in [0, 0.1) is 22.7 Å². The Hall–Kier alpha value is -0.720. The van der Waals surface area contributed by atoms with Gasteiger partial charge in [0.2, 0.25) is 0 Å². The molecule has 0 aromatic heterocycles. The van der Waals surface area contributed by atoms with Gasteiger partial charge in [-0.15, -0.1) is 0 Å². The summed E-state index contributed by atoms with van der Waals surface area (Å²) in [7, 11) is 0. The second-order valence-electron chi connectivity index (χ2n) is 8.83. The van der Waals surface area contributed by atoms with Crippen molar-refractivity contribution < 1.29 is 5.11 Å². The first-order valence-electron chi connectivity index (χ1n) is 9.27. The van der Waals surface area contributed by atoms with Crippen LogP contribution in [-0.2, 0) is 0 Å². The summed E-state index contributed by atoms with van der Waals surface area (Å²) in [5, 5.41) is 10.6. The third-order valence-corrected chi connectivity index (χ3v) is 6.84. The predicted octanol–water partition coefficient (Wildman–Crippen LogP) is 6.81. The molecule has 0 bridgehead atoms. The molecule has 0 saturated heterocycles. The van der Waals surface area contributed by atoms with Crippen LogP contribution >= 0.6 is 0 Å². The monoisotopic (exact) mass is 304 g/mol. The molecule has 3 atom stereocenters. The fourth-order valence-electron chi connectivity index (χ4n) is 5.52. The van der Waals surface area contributed by atoms with Crippen molar-refractivity contribution in [3.63, 3.8) is 0 Å². The molecule has 0 aromatic carbocycles. The first-order valence-corrected chi connectivity index (χ1v) is 9.27. The zero-order valence-electron chi connectivity index (χ0n) is 15.5. The zero-order chi connectivity index (χ0) is 16.5. The lowest BCUT2D eigenvalue weighted by atomic mass is 9.48. The molecule has 2 aliphatic rings. The van der Waals surface area contributed by atoms with Gasteiger partial charge in [-0.05, 0) is 67.3 Å². The van der Waals surface area contributed by atoms with Gasteiger partial charge >= 0.3 is 0 Å². The van der Waals surface area contributed by atoms with Crippen LogP contribution in [-0.4, -0.2) is 5.11 Å². The van der Waals surface area contributed by atoms with Crippen LogP contribution in [0.1, 0.15) is 86.0 Å². The molecule has 22 heavy (non-hydrogen) atoms. The Morgan fingerprint density at radius 2 is 1.91 bits per heavy atom. The van der Waals surface area contributed by atoms with E-state index in [0.717, 1.165) is 25.7 Å². The van der Waals surface area contributed by atoms with Crippen LogP contribution in [0.3, 0.4) is 0 Å². The number of rotatable bonds is 5. The maximum atomic E-state index is 10.6. The Morgan fingerprint density at radius 3 is 2.55 bits per heavy atom. The van der Waals surface area contributed by atoms with E-state index in [1.165, 1.54) is 36.8 Å². The highest BCUT2D eigenvalue weighted by Gasteiger charge is 2.53. The van der Waals surface area contributed by atoms with Gasteiger partial charge in [-0.2, -0.15) is 0 Å². The molecule has 1 N–H and O–H groups in total. The van der Waals surface area contributed by atoms with Crippen LogP contribution in [0.5, 0.6) is 0 Å². The first-order chi connectivity index (χ1) is 10.2. The molecule has 0 aromatic rings. The first kappa shape index (κ1) is 17.6. The highest BCUT2D eigenvalue weighted by molar-refractivity contribution is 5.22. The quantitative estimate of drug-likeness (QED) is 0.553. The van der Waals surface area contributed by atoms with Crippen LogP contribution in [0.2, 0.25) is 0 Å². The highest BCUT2D eigenvalue weighted by Crippen LogP contribution is 2.61. The number of aliphatic hydroxyl groups excluding tert-OH is 1. The maximum absolute atomic E-state index is 10.6. The zero-order valence-corrected chi connectivity index (χ0v) is 15.5. The van der Waals surface area contributed by atoms with Gasteiger partial charge in [-0.3, -0.25) is 0 Å². The summed E-state index contributed by atoms with van der Waals surface area (Å²) >= 11 is 0. The van der Waals surface area contributed by atoms with Crippen molar-refractivity contribution in [2.24, 2.45) is 22.7 Å². The minimum Gasteiger partial charge on any atom is -0.512 e. The van der Waals surface area contributed by atoms with E-state index in [2.05, 4.69) is 41.2 Å². The van der Waals surface area contributed by atoms with E-state index >= 15 is 0 Å². The van der Waals surface area contributed by atoms with Crippen molar-refractivity contribution >= 4 is 0 Å². The number of aliphatic hydroxyl groups is 1. The molecular formula is C21H36O. The van der Waals surface area contributed by atoms with Crippen LogP contribution in [0.15, 0.2) is 23.5 Å². The Labute approximate surface area is 137 Å². The Bertz CT molecular complexity index is 457. The van der Waals surface area contributed by atoms with Gasteiger partial charge in [-0.1, -0.05) is 52.7 Å². The van der Waals surface area contributed by atoms with E-state index in [-0.39, 0.29) is 0 Å². The van der Waals surface area contributed by atoms with Gasteiger partial charge in [0.25, 0.3) is 0 Å². The molecular weight excluding hydrogens is 268 g/mol. The lowest BCUT2D eigenvalue weighted by molar-refractivity contribution is -0.0505. The molecule has 0 amide bonds. The van der Waals surface area contributed by atoms with E-state index in [1.807, 2.05) is 0 Å². The van der Waals surface area contributed by atoms with E-state index in [9.17, 15) is 5.11 Å². The van der Waals surface area contributed by atoms with E-state index in [4.69, 9.17) is 0 Å². The summed E-state index contributed by atoms with van der Waals surface area (Å²) < 4.78 is 0. The second-order valence-corrected chi connectivity index (χ2v) is 8.83. The van der Waals surface area contributed by atoms with Crippen molar-refractivity contribution in [2.75, 3.05) is 0 Å². The molecule has 2 aliphatic carbocycles. The van der Waals surface area contributed by atoms with E-state index in [1.54, 1.807) is 0 Å². The van der Waals surface area contributed by atoms with E-state index in [0.29, 0.717) is 28.4 Å². The SMILES string of the molecule is C=C(CCC)CC[C@H]1C(C)=C(O)C[C@H]2C(C)(C)CCC[C@]12C. The van der Waals surface area contributed by atoms with Crippen molar-refractivity contribution in [1.82, 2.24) is 0 Å². The van der Waals surface area contributed by atoms with Crippen molar-refractivity contribution in [3.05, 3.63) is 23.5 Å². The smallest absolute Gasteiger partial charge is 0.0917 e. The number of hydrogen-bond donors (Lipinski definition) is 1. The van der Waals surface area contributed by atoms with Gasteiger partial charge in [0, 0.05) is 6.42 Å². The Kier molecular flexibility index (Phi) is 5.14. The average Bonchev–Trinajstić information content (AvgIpc) is 2.41. The summed E-state index contributed by atoms with van der Waals surface area (Å²) in [6, 6.07) is 0. The molecule has 2 rings (SSSR count). The predicted molar refractivity (Wildman–Crippen MR) is 95.9 cm³/mol. The minimum atomic E-state index is 0.348. The van der Waals surface area contributed by atoms with Gasteiger partial charge < -0.3 is 5.11 Å². The van der Waals surface area contributed by atoms with Gasteiger partial charge in [0.15, 0.2) is 0 Å². The summed E-state index contributed by atoms with van der Waals surface area (Å²) in [5.74, 6) is 1.82. The van der Waals surface area contributed by atoms with Crippen molar-refractivity contribution in [1.29, 1.82) is 0 Å². The van der Waals surface area contributed by atoms with Crippen LogP contribution in [0.25, 0.3) is 0 Å². The summed E-state index contributed by atoms with van der Waals surface area (Å²) in [4.78, 5) is 0. The third kappa shape index (κ3) is 3.14. The van der Waals surface area contributed by atoms with Crippen LogP contribution < -0.4 is 0 Å². The second kappa shape index (κ2) is 6.42. The molecule has 0 radical (unpaired) electrons. The topological polar surface area (TPSA) is 20.2 Å². The largest absolute Gasteiger partial charge is 0.512 e. The van der Waals surface area contributed by atoms with Gasteiger partial charge in [0.05, 0.1) is 5.76 Å². The lowest BCUT2D eigenvalue weighted by Crippen LogP contribution is -2.49. The maximum Gasteiger partial charge on any atom is 0.0917 e. The van der Waals surface area contributed by atoms with Crippen molar-refractivity contribution in [3.8, 4) is 0 Å². The molecule has 1 fully saturated rings. The molecule has 0 aliphatic heterocycles. The fraction of sp³-hybridized carbons (Fsp3) is 0.810. The molecule has 1 nitrogen and oxygen atoms in total. The fourth-order valence-corrected chi connectivity index (χ4v) is 5.52. The van der Waals surface area contributed by atoms with Gasteiger partial charge in [-0.25, -0.2) is 0 Å². The molecule has 0 heterocycles. The van der Waals surface area contributed by atoms with Crippen molar-refractivity contribution in [2.45, 2.75) is 86.0 Å². The molecule has 1 saturated carbocycles. The Balaban J connectivity index is 2.25. The summed E-state index contributed by atoms with van der Waals surface area (Å²) in [5.41, 5.74) is 3.35. The van der Waals surface area contributed by atoms with E-state index < -0.39 is 0 Å². The molecule has 0 unspecified atom stereocenters. The highest BCUT2D eigenvalue weighted by atomic mass is 16.3. The normalized spacial score (nSPS) is 34.4. The molecule has 1 heteroatoms. The summed E-state index contributed by atoms with van der Waals surface area (Å²) in [6.07, 6.45) is 9.46. The van der Waals surface area contributed by atoms with Crippen LogP contribution in [0.4, 0.5) is 0 Å². The number of hydrogen-bond acceptors (Lipinski definition) is 1. The molecule has 126 valence electrons. The standard InChI is InChI=1S/C21H36O/c1-7-9-15(2)10-11-17-16(3)18(22)14-19-20(4,5)12-8-13-21(17,19)6/h17,19,22H,2,7-14H2,1,3-6H3/t17-,19-,21+/m0/s1. The average molecular weight is 305 g/mol. The number of allylic oxidation sites excluding steroid dienone is 3. The Morgan fingerprint density at radius 1 is 1.23 bits per heavy atom. The summed E-state index contributed by atoms with van der Waals surface area (Å²) in [6.45, 7) is 16.0. The third-order valence-electron chi connectivity index (χ3n) is 6.84. The van der Waals surface area contributed by atoms with Gasteiger partial charge in [0.1, 0.15) is 0 Å². The number of fused-ring (bicyclic) bond motifs is 1. The minimum absolute atomic E-state index is 0.348. The molecule has 0 spiro atoms.